The lowest BCUT2D eigenvalue weighted by molar-refractivity contribution is -0.122. The van der Waals surface area contributed by atoms with Crippen molar-refractivity contribution in [1.29, 1.82) is 0 Å². The topological polar surface area (TPSA) is 114 Å². The summed E-state index contributed by atoms with van der Waals surface area (Å²) in [4.78, 5) is 47.6. The van der Waals surface area contributed by atoms with Gasteiger partial charge in [-0.2, -0.15) is 0 Å². The number of hydrogen-bond donors (Lipinski definition) is 2. The molecule has 32 heavy (non-hydrogen) atoms. The Morgan fingerprint density at radius 1 is 1.19 bits per heavy atom. The Kier molecular flexibility index (Phi) is 4.48. The van der Waals surface area contributed by atoms with Gasteiger partial charge in [0.1, 0.15) is 5.75 Å². The van der Waals surface area contributed by atoms with Crippen LogP contribution in [0, 0.1) is 11.8 Å². The molecule has 0 radical (unpaired) electrons. The quantitative estimate of drug-likeness (QED) is 0.480. The minimum absolute atomic E-state index is 0.101. The standard InChI is InChI=1S/C23H17N5O4/c1-32-17-5-4-16-12-28(20(29)18(16)10-17)13-23(21(30)26-22(31)27-23)7-6-14-9-15-3-2-8-24-19(15)25-11-14/h2-5,8-11H,12-13H2,1H3,(H2,26,27,30,31)/t23-/m1/s1. The predicted molar refractivity (Wildman–Crippen MR) is 114 cm³/mol. The number of nitrogens with zero attached hydrogens (tertiary/aromatic N) is 3. The largest absolute Gasteiger partial charge is 0.497 e. The predicted octanol–water partition coefficient (Wildman–Crippen LogP) is 1.22. The van der Waals surface area contributed by atoms with Crippen LogP contribution < -0.4 is 15.4 Å². The van der Waals surface area contributed by atoms with Crippen LogP contribution in [-0.2, 0) is 11.3 Å². The summed E-state index contributed by atoms with van der Waals surface area (Å²) in [6.45, 7) is 0.198. The van der Waals surface area contributed by atoms with Crippen molar-refractivity contribution in [3.63, 3.8) is 0 Å². The number of hydrogen-bond acceptors (Lipinski definition) is 6. The van der Waals surface area contributed by atoms with E-state index in [4.69, 9.17) is 4.74 Å². The molecule has 0 spiro atoms. The summed E-state index contributed by atoms with van der Waals surface area (Å²) in [5.41, 5.74) is 0.872. The van der Waals surface area contributed by atoms with Crippen molar-refractivity contribution in [2.75, 3.05) is 13.7 Å². The molecule has 1 aromatic carbocycles. The number of nitrogens with one attached hydrogen (secondary N) is 2. The molecule has 5 rings (SSSR count). The van der Waals surface area contributed by atoms with Crippen LogP contribution in [0.4, 0.5) is 4.79 Å². The third kappa shape index (κ3) is 3.28. The first-order valence-electron chi connectivity index (χ1n) is 9.81. The minimum atomic E-state index is -1.58. The zero-order valence-corrected chi connectivity index (χ0v) is 17.0. The van der Waals surface area contributed by atoms with Gasteiger partial charge < -0.3 is 15.0 Å². The molecule has 158 valence electrons. The maximum Gasteiger partial charge on any atom is 0.323 e. The highest BCUT2D eigenvalue weighted by Crippen LogP contribution is 2.28. The molecule has 2 aromatic heterocycles. The van der Waals surface area contributed by atoms with Gasteiger partial charge in [0.15, 0.2) is 5.65 Å². The lowest BCUT2D eigenvalue weighted by Crippen LogP contribution is -2.54. The van der Waals surface area contributed by atoms with E-state index < -0.39 is 17.5 Å². The third-order valence-corrected chi connectivity index (χ3v) is 5.44. The Labute approximate surface area is 182 Å². The number of methoxy groups -OCH3 is 1. The first-order valence-corrected chi connectivity index (χ1v) is 9.81. The monoisotopic (exact) mass is 427 g/mol. The SMILES string of the molecule is COc1ccc2c(c1)C(=O)N(C[C@@]1(C#Cc3cnc4ncccc4c3)NC(=O)NC1=O)C2. The van der Waals surface area contributed by atoms with Gasteiger partial charge in [0.2, 0.25) is 5.54 Å². The number of carbonyl (C=O) groups excluding carboxylic acids is 3. The Balaban J connectivity index is 1.47. The van der Waals surface area contributed by atoms with Crippen LogP contribution in [0.1, 0.15) is 21.5 Å². The van der Waals surface area contributed by atoms with E-state index in [-0.39, 0.29) is 12.5 Å². The van der Waals surface area contributed by atoms with E-state index in [2.05, 4.69) is 32.4 Å². The summed E-state index contributed by atoms with van der Waals surface area (Å²) in [5, 5.41) is 5.62. The molecule has 0 unspecified atom stereocenters. The maximum absolute atomic E-state index is 13.0. The number of ether oxygens (including phenoxy) is 1. The van der Waals surface area contributed by atoms with Gasteiger partial charge in [-0.05, 0) is 35.9 Å². The minimum Gasteiger partial charge on any atom is -0.497 e. The number of aromatic nitrogens is 2. The van der Waals surface area contributed by atoms with Gasteiger partial charge in [0.25, 0.3) is 11.8 Å². The summed E-state index contributed by atoms with van der Waals surface area (Å²) < 4.78 is 5.20. The Morgan fingerprint density at radius 3 is 2.84 bits per heavy atom. The van der Waals surface area contributed by atoms with Crippen LogP contribution in [0.25, 0.3) is 11.0 Å². The van der Waals surface area contributed by atoms with Gasteiger partial charge in [-0.25, -0.2) is 14.8 Å². The number of benzene rings is 1. The average molecular weight is 427 g/mol. The molecule has 0 saturated carbocycles. The fraction of sp³-hybridized carbons (Fsp3) is 0.174. The molecule has 4 amide bonds. The normalized spacial score (nSPS) is 19.3. The van der Waals surface area contributed by atoms with E-state index in [1.54, 1.807) is 36.7 Å². The highest BCUT2D eigenvalue weighted by Gasteiger charge is 2.48. The number of carbonyl (C=O) groups is 3. The van der Waals surface area contributed by atoms with Gasteiger partial charge in [0.05, 0.1) is 13.7 Å². The first-order chi connectivity index (χ1) is 15.5. The Bertz CT molecular complexity index is 1360. The summed E-state index contributed by atoms with van der Waals surface area (Å²) in [7, 11) is 1.53. The highest BCUT2D eigenvalue weighted by atomic mass is 16.5. The summed E-state index contributed by atoms with van der Waals surface area (Å²) in [6.07, 6.45) is 3.20. The Morgan fingerprint density at radius 2 is 2.06 bits per heavy atom. The zero-order valence-electron chi connectivity index (χ0n) is 17.0. The van der Waals surface area contributed by atoms with Gasteiger partial charge >= 0.3 is 6.03 Å². The summed E-state index contributed by atoms with van der Waals surface area (Å²) in [5.74, 6) is 5.51. The fourth-order valence-electron chi connectivity index (χ4n) is 3.82. The van der Waals surface area contributed by atoms with Gasteiger partial charge in [0, 0.05) is 35.5 Å². The average Bonchev–Trinajstić information content (AvgIpc) is 3.26. The van der Waals surface area contributed by atoms with Crippen molar-refractivity contribution in [3.8, 4) is 17.6 Å². The number of urea groups is 1. The van der Waals surface area contributed by atoms with E-state index >= 15 is 0 Å². The molecule has 9 heteroatoms. The molecular formula is C23H17N5O4. The van der Waals surface area contributed by atoms with Crippen LogP contribution in [0.2, 0.25) is 0 Å². The van der Waals surface area contributed by atoms with Crippen molar-refractivity contribution >= 4 is 28.9 Å². The van der Waals surface area contributed by atoms with Crippen molar-refractivity contribution in [2.24, 2.45) is 0 Å². The number of imide groups is 1. The molecule has 2 aliphatic heterocycles. The van der Waals surface area contributed by atoms with Crippen LogP contribution >= 0.6 is 0 Å². The lowest BCUT2D eigenvalue weighted by atomic mass is 9.99. The molecular weight excluding hydrogens is 410 g/mol. The molecule has 9 nitrogen and oxygen atoms in total. The maximum atomic E-state index is 13.0. The third-order valence-electron chi connectivity index (χ3n) is 5.44. The van der Waals surface area contributed by atoms with E-state index in [0.717, 1.165) is 10.9 Å². The van der Waals surface area contributed by atoms with Gasteiger partial charge in [-0.1, -0.05) is 17.9 Å². The molecule has 2 aliphatic rings. The molecule has 2 N–H and O–H groups in total. The van der Waals surface area contributed by atoms with Crippen molar-refractivity contribution in [3.05, 3.63) is 65.5 Å². The van der Waals surface area contributed by atoms with E-state index in [1.165, 1.54) is 12.0 Å². The number of pyridine rings is 2. The Hall–Kier alpha value is -4.45. The zero-order chi connectivity index (χ0) is 22.3. The van der Waals surface area contributed by atoms with Crippen LogP contribution in [0.5, 0.6) is 5.75 Å². The molecule has 3 aromatic rings. The summed E-state index contributed by atoms with van der Waals surface area (Å²) >= 11 is 0. The number of fused-ring (bicyclic) bond motifs is 2. The van der Waals surface area contributed by atoms with Crippen LogP contribution in [0.15, 0.2) is 48.8 Å². The van der Waals surface area contributed by atoms with E-state index in [9.17, 15) is 14.4 Å². The second-order valence-corrected chi connectivity index (χ2v) is 7.52. The lowest BCUT2D eigenvalue weighted by Gasteiger charge is -2.26. The van der Waals surface area contributed by atoms with Crippen LogP contribution in [-0.4, -0.2) is 51.9 Å². The number of rotatable bonds is 3. The second-order valence-electron chi connectivity index (χ2n) is 7.52. The first kappa shape index (κ1) is 19.5. The molecule has 1 atom stereocenters. The molecule has 1 saturated heterocycles. The van der Waals surface area contributed by atoms with Gasteiger partial charge in [-0.15, -0.1) is 0 Å². The van der Waals surface area contributed by atoms with Gasteiger partial charge in [-0.3, -0.25) is 14.9 Å². The van der Waals surface area contributed by atoms with Crippen molar-refractivity contribution < 1.29 is 19.1 Å². The second kappa shape index (κ2) is 7.35. The molecule has 4 heterocycles. The summed E-state index contributed by atoms with van der Waals surface area (Å²) in [6, 6.07) is 10.0. The van der Waals surface area contributed by atoms with Crippen molar-refractivity contribution in [2.45, 2.75) is 12.1 Å². The molecule has 0 bridgehead atoms. The van der Waals surface area contributed by atoms with Crippen molar-refractivity contribution in [1.82, 2.24) is 25.5 Å². The molecule has 0 aliphatic carbocycles. The number of amides is 4. The molecule has 1 fully saturated rings. The smallest absolute Gasteiger partial charge is 0.323 e. The van der Waals surface area contributed by atoms with Crippen LogP contribution in [0.3, 0.4) is 0 Å². The highest BCUT2D eigenvalue weighted by molar-refractivity contribution is 6.10. The van der Waals surface area contributed by atoms with E-state index in [0.29, 0.717) is 29.1 Å². The van der Waals surface area contributed by atoms with E-state index in [1.807, 2.05) is 12.1 Å². The fourth-order valence-corrected chi connectivity index (χ4v) is 3.82.